The van der Waals surface area contributed by atoms with Crippen molar-refractivity contribution >= 4 is 23.3 Å². The van der Waals surface area contributed by atoms with Gasteiger partial charge in [0.15, 0.2) is 0 Å². The van der Waals surface area contributed by atoms with Crippen LogP contribution in [-0.2, 0) is 4.79 Å². The van der Waals surface area contributed by atoms with Gasteiger partial charge < -0.3 is 15.5 Å². The number of thiazole rings is 1. The minimum absolute atomic E-state index is 0.00494. The Bertz CT molecular complexity index is 623. The molecule has 23 heavy (non-hydrogen) atoms. The van der Waals surface area contributed by atoms with Crippen LogP contribution in [0, 0.1) is 12.8 Å². The molecule has 6 nitrogen and oxygen atoms in total. The first kappa shape index (κ1) is 14.9. The summed E-state index contributed by atoms with van der Waals surface area (Å²) >= 11 is 1.61. The van der Waals surface area contributed by atoms with Crippen molar-refractivity contribution in [3.05, 3.63) is 16.1 Å². The lowest BCUT2D eigenvalue weighted by molar-refractivity contribution is -0.128. The summed E-state index contributed by atoms with van der Waals surface area (Å²) in [7, 11) is 0. The van der Waals surface area contributed by atoms with Gasteiger partial charge in [-0.15, -0.1) is 11.3 Å². The van der Waals surface area contributed by atoms with Crippen LogP contribution in [0.25, 0.3) is 0 Å². The zero-order chi connectivity index (χ0) is 16.0. The number of nitrogens with one attached hydrogen (secondary N) is 2. The molecule has 0 spiro atoms. The molecule has 3 amide bonds. The van der Waals surface area contributed by atoms with E-state index < -0.39 is 0 Å². The third kappa shape index (κ3) is 3.34. The fraction of sp³-hybridized carbons (Fsp3) is 0.688. The normalized spacial score (nSPS) is 25.5. The van der Waals surface area contributed by atoms with Crippen LogP contribution in [0.4, 0.5) is 4.79 Å². The Hall–Kier alpha value is -1.63. The molecule has 0 unspecified atom stereocenters. The molecule has 2 aliphatic carbocycles. The number of carbonyl (C=O) groups is 2. The number of carbonyl (C=O) groups excluding carboxylic acids is 2. The largest absolute Gasteiger partial charge is 0.338 e. The van der Waals surface area contributed by atoms with Gasteiger partial charge >= 0.3 is 6.03 Å². The Morgan fingerprint density at radius 3 is 2.78 bits per heavy atom. The van der Waals surface area contributed by atoms with Crippen LogP contribution in [0.2, 0.25) is 0 Å². The second kappa shape index (κ2) is 5.78. The predicted octanol–water partition coefficient (Wildman–Crippen LogP) is 1.97. The first-order valence-electron chi connectivity index (χ1n) is 8.38. The number of nitrogens with zero attached hydrogens (tertiary/aromatic N) is 2. The van der Waals surface area contributed by atoms with E-state index in [2.05, 4.69) is 15.6 Å². The summed E-state index contributed by atoms with van der Waals surface area (Å²) < 4.78 is 0. The van der Waals surface area contributed by atoms with Crippen molar-refractivity contribution in [3.63, 3.8) is 0 Å². The quantitative estimate of drug-likeness (QED) is 0.864. The van der Waals surface area contributed by atoms with Crippen LogP contribution in [0.1, 0.15) is 48.8 Å². The molecule has 0 aromatic carbocycles. The molecule has 0 bridgehead atoms. The minimum atomic E-state index is -0.176. The summed E-state index contributed by atoms with van der Waals surface area (Å²) in [6.45, 7) is 2.63. The molecule has 1 aromatic heterocycles. The number of aromatic nitrogens is 1. The van der Waals surface area contributed by atoms with Crippen LogP contribution in [0.3, 0.4) is 0 Å². The van der Waals surface area contributed by atoms with Gasteiger partial charge in [0.25, 0.3) is 0 Å². The van der Waals surface area contributed by atoms with Crippen molar-refractivity contribution in [1.29, 1.82) is 0 Å². The van der Waals surface area contributed by atoms with E-state index in [1.807, 2.05) is 17.2 Å². The molecule has 1 aromatic rings. The standard InChI is InChI=1S/C16H22N4O2S/c1-9-8-23-15(17-9)14(10-2-3-10)19-16(22)18-11-6-13(21)20(7-11)12-4-5-12/h8,10-12,14H,2-7H2,1H3,(H2,18,19,22)/t11-,14+/m0/s1. The highest BCUT2D eigenvalue weighted by Gasteiger charge is 2.40. The minimum Gasteiger partial charge on any atom is -0.338 e. The Balaban J connectivity index is 1.34. The molecule has 4 rings (SSSR count). The average molecular weight is 334 g/mol. The number of rotatable bonds is 5. The zero-order valence-electron chi connectivity index (χ0n) is 13.2. The van der Waals surface area contributed by atoms with Crippen LogP contribution < -0.4 is 10.6 Å². The summed E-state index contributed by atoms with van der Waals surface area (Å²) in [6, 6.07) is 0.186. The van der Waals surface area contributed by atoms with E-state index in [1.165, 1.54) is 0 Å². The fourth-order valence-electron chi connectivity index (χ4n) is 3.26. The molecule has 1 saturated heterocycles. The summed E-state index contributed by atoms with van der Waals surface area (Å²) in [5.74, 6) is 0.673. The molecule has 2 N–H and O–H groups in total. The Kier molecular flexibility index (Phi) is 3.75. The lowest BCUT2D eigenvalue weighted by Gasteiger charge is -2.19. The molecule has 0 radical (unpaired) electrons. The molecular formula is C16H22N4O2S. The van der Waals surface area contributed by atoms with Crippen molar-refractivity contribution in [2.45, 2.75) is 57.2 Å². The van der Waals surface area contributed by atoms with Gasteiger partial charge in [0.05, 0.1) is 12.1 Å². The van der Waals surface area contributed by atoms with Gasteiger partial charge in [-0.25, -0.2) is 9.78 Å². The number of amides is 3. The Morgan fingerprint density at radius 1 is 1.39 bits per heavy atom. The van der Waals surface area contributed by atoms with E-state index in [4.69, 9.17) is 0 Å². The molecule has 124 valence electrons. The van der Waals surface area contributed by atoms with E-state index in [0.29, 0.717) is 24.9 Å². The summed E-state index contributed by atoms with van der Waals surface area (Å²) in [5, 5.41) is 9.06. The summed E-state index contributed by atoms with van der Waals surface area (Å²) in [5.41, 5.74) is 0.999. The summed E-state index contributed by atoms with van der Waals surface area (Å²) in [6.07, 6.45) is 4.92. The lowest BCUT2D eigenvalue weighted by Crippen LogP contribution is -2.45. The van der Waals surface area contributed by atoms with Gasteiger partial charge in [0.1, 0.15) is 5.01 Å². The molecule has 2 heterocycles. The maximum Gasteiger partial charge on any atom is 0.315 e. The van der Waals surface area contributed by atoms with Gasteiger partial charge in [-0.05, 0) is 38.5 Å². The maximum atomic E-state index is 12.3. The highest BCUT2D eigenvalue weighted by molar-refractivity contribution is 7.09. The Labute approximate surface area is 139 Å². The van der Waals surface area contributed by atoms with Gasteiger partial charge in [-0.1, -0.05) is 0 Å². The smallest absolute Gasteiger partial charge is 0.315 e. The molecular weight excluding hydrogens is 312 g/mol. The van der Waals surface area contributed by atoms with Crippen molar-refractivity contribution < 1.29 is 9.59 Å². The third-order valence-corrected chi connectivity index (χ3v) is 5.81. The van der Waals surface area contributed by atoms with Crippen LogP contribution >= 0.6 is 11.3 Å². The second-order valence-corrected chi connectivity index (χ2v) is 7.83. The van der Waals surface area contributed by atoms with Crippen molar-refractivity contribution in [2.75, 3.05) is 6.54 Å². The lowest BCUT2D eigenvalue weighted by atomic mass is 10.2. The molecule has 2 atom stereocenters. The molecule has 3 aliphatic rings. The van der Waals surface area contributed by atoms with E-state index in [9.17, 15) is 9.59 Å². The highest BCUT2D eigenvalue weighted by Crippen LogP contribution is 2.41. The average Bonchev–Trinajstić information content (AvgIpc) is 3.41. The third-order valence-electron chi connectivity index (χ3n) is 4.76. The SMILES string of the molecule is Cc1csc([C@H](NC(=O)N[C@H]2CC(=O)N(C3CC3)C2)C2CC2)n1. The first-order chi connectivity index (χ1) is 11.1. The van der Waals surface area contributed by atoms with Gasteiger partial charge in [-0.2, -0.15) is 0 Å². The van der Waals surface area contributed by atoms with Gasteiger partial charge in [0.2, 0.25) is 5.91 Å². The molecule has 1 aliphatic heterocycles. The van der Waals surface area contributed by atoms with Gasteiger partial charge in [0, 0.05) is 30.1 Å². The number of hydrogen-bond donors (Lipinski definition) is 2. The van der Waals surface area contributed by atoms with Crippen molar-refractivity contribution in [1.82, 2.24) is 20.5 Å². The Morgan fingerprint density at radius 2 is 2.17 bits per heavy atom. The van der Waals surface area contributed by atoms with E-state index in [1.54, 1.807) is 11.3 Å². The number of urea groups is 1. The van der Waals surface area contributed by atoms with Crippen LogP contribution in [0.15, 0.2) is 5.38 Å². The number of likely N-dealkylation sites (tertiary alicyclic amines) is 1. The second-order valence-electron chi connectivity index (χ2n) is 6.94. The molecule has 3 fully saturated rings. The topological polar surface area (TPSA) is 74.3 Å². The van der Waals surface area contributed by atoms with E-state index >= 15 is 0 Å². The highest BCUT2D eigenvalue weighted by atomic mass is 32.1. The van der Waals surface area contributed by atoms with Crippen LogP contribution in [-0.4, -0.2) is 40.5 Å². The first-order valence-corrected chi connectivity index (χ1v) is 9.26. The summed E-state index contributed by atoms with van der Waals surface area (Å²) in [4.78, 5) is 30.8. The monoisotopic (exact) mass is 334 g/mol. The predicted molar refractivity (Wildman–Crippen MR) is 87.1 cm³/mol. The zero-order valence-corrected chi connectivity index (χ0v) is 14.1. The number of aryl methyl sites for hydroxylation is 1. The molecule has 7 heteroatoms. The van der Waals surface area contributed by atoms with Crippen molar-refractivity contribution in [2.24, 2.45) is 5.92 Å². The van der Waals surface area contributed by atoms with Crippen molar-refractivity contribution in [3.8, 4) is 0 Å². The van der Waals surface area contributed by atoms with E-state index in [0.717, 1.165) is 36.4 Å². The van der Waals surface area contributed by atoms with E-state index in [-0.39, 0.29) is 24.0 Å². The number of hydrogen-bond acceptors (Lipinski definition) is 4. The maximum absolute atomic E-state index is 12.3. The fourth-order valence-corrected chi connectivity index (χ4v) is 4.20. The van der Waals surface area contributed by atoms with Gasteiger partial charge in [-0.3, -0.25) is 4.79 Å². The molecule has 2 saturated carbocycles. The van der Waals surface area contributed by atoms with Crippen LogP contribution in [0.5, 0.6) is 0 Å².